The minimum Gasteiger partial charge on any atom is -0.366 e. The zero-order valence-corrected chi connectivity index (χ0v) is 9.42. The Labute approximate surface area is 103 Å². The average molecular weight is 238 g/mol. The van der Waals surface area contributed by atoms with Crippen LogP contribution < -0.4 is 5.73 Å². The van der Waals surface area contributed by atoms with E-state index in [9.17, 15) is 4.79 Å². The van der Waals surface area contributed by atoms with Gasteiger partial charge in [0.25, 0.3) is 0 Å². The highest BCUT2D eigenvalue weighted by molar-refractivity contribution is 5.96. The van der Waals surface area contributed by atoms with Gasteiger partial charge in [-0.15, -0.1) is 0 Å². The number of benzene rings is 1. The van der Waals surface area contributed by atoms with Crippen LogP contribution in [-0.2, 0) is 0 Å². The topological polar surface area (TPSA) is 84.7 Å². The molecule has 18 heavy (non-hydrogen) atoms. The number of fused-ring (bicyclic) bond motifs is 1. The van der Waals surface area contributed by atoms with Crippen molar-refractivity contribution in [2.24, 2.45) is 5.73 Å². The third-order valence-corrected chi connectivity index (χ3v) is 2.68. The summed E-state index contributed by atoms with van der Waals surface area (Å²) in [5, 5.41) is 0. The molecule has 3 N–H and O–H groups in total. The monoisotopic (exact) mass is 238 g/mol. The molecule has 88 valence electrons. The van der Waals surface area contributed by atoms with Crippen molar-refractivity contribution in [3.8, 4) is 11.5 Å². The Hall–Kier alpha value is -2.69. The number of H-pyrrole nitrogens is 1. The van der Waals surface area contributed by atoms with Gasteiger partial charge in [0.2, 0.25) is 5.91 Å². The summed E-state index contributed by atoms with van der Waals surface area (Å²) in [4.78, 5) is 22.9. The van der Waals surface area contributed by atoms with Gasteiger partial charge in [-0.3, -0.25) is 9.78 Å². The second-order valence-corrected chi connectivity index (χ2v) is 3.90. The number of amides is 1. The van der Waals surface area contributed by atoms with Gasteiger partial charge in [-0.25, -0.2) is 4.98 Å². The van der Waals surface area contributed by atoms with Crippen molar-refractivity contribution in [1.29, 1.82) is 0 Å². The minimum absolute atomic E-state index is 0.446. The van der Waals surface area contributed by atoms with E-state index in [0.717, 1.165) is 11.2 Å². The standard InChI is InChI=1S/C13H10N4O/c14-12(18)8-4-5-9-11(7-8)17-13(16-9)10-3-1-2-6-15-10/h1-7H,(H2,14,18)(H,16,17). The summed E-state index contributed by atoms with van der Waals surface area (Å²) in [6.45, 7) is 0. The summed E-state index contributed by atoms with van der Waals surface area (Å²) in [6, 6.07) is 10.7. The highest BCUT2D eigenvalue weighted by Crippen LogP contribution is 2.19. The molecule has 3 rings (SSSR count). The number of hydrogen-bond donors (Lipinski definition) is 2. The van der Waals surface area contributed by atoms with Crippen LogP contribution in [0.3, 0.4) is 0 Å². The van der Waals surface area contributed by atoms with Crippen LogP contribution in [0.1, 0.15) is 10.4 Å². The molecule has 0 radical (unpaired) electrons. The molecule has 0 bridgehead atoms. The zero-order chi connectivity index (χ0) is 12.5. The molecule has 0 aliphatic rings. The Balaban J connectivity index is 2.14. The number of aromatic nitrogens is 3. The summed E-state index contributed by atoms with van der Waals surface area (Å²) in [5.41, 5.74) is 7.99. The van der Waals surface area contributed by atoms with Gasteiger partial charge < -0.3 is 10.7 Å². The van der Waals surface area contributed by atoms with E-state index in [1.54, 1.807) is 24.4 Å². The van der Waals surface area contributed by atoms with Crippen LogP contribution in [0.4, 0.5) is 0 Å². The molecule has 1 amide bonds. The number of nitrogens with one attached hydrogen (secondary N) is 1. The summed E-state index contributed by atoms with van der Waals surface area (Å²) in [6.07, 6.45) is 1.71. The molecular formula is C13H10N4O. The highest BCUT2D eigenvalue weighted by atomic mass is 16.1. The lowest BCUT2D eigenvalue weighted by Gasteiger charge is -1.93. The van der Waals surface area contributed by atoms with Gasteiger partial charge in [0.1, 0.15) is 5.69 Å². The number of aromatic amines is 1. The molecule has 3 aromatic rings. The highest BCUT2D eigenvalue weighted by Gasteiger charge is 2.08. The van der Waals surface area contributed by atoms with Gasteiger partial charge in [-0.2, -0.15) is 0 Å². The number of carbonyl (C=O) groups excluding carboxylic acids is 1. The molecule has 0 unspecified atom stereocenters. The summed E-state index contributed by atoms with van der Waals surface area (Å²) in [7, 11) is 0. The SMILES string of the molecule is NC(=O)c1ccc2[nH]c(-c3ccccn3)nc2c1. The number of nitrogens with two attached hydrogens (primary N) is 1. The Morgan fingerprint density at radius 3 is 2.83 bits per heavy atom. The number of nitrogens with zero attached hydrogens (tertiary/aromatic N) is 2. The van der Waals surface area contributed by atoms with Gasteiger partial charge in [-0.05, 0) is 30.3 Å². The fraction of sp³-hybridized carbons (Fsp3) is 0. The Morgan fingerprint density at radius 2 is 2.11 bits per heavy atom. The van der Waals surface area contributed by atoms with Crippen LogP contribution >= 0.6 is 0 Å². The first-order valence-electron chi connectivity index (χ1n) is 5.45. The number of rotatable bonds is 2. The molecule has 0 aliphatic carbocycles. The molecule has 0 fully saturated rings. The predicted octanol–water partition coefficient (Wildman–Crippen LogP) is 1.72. The largest absolute Gasteiger partial charge is 0.366 e. The molecule has 0 spiro atoms. The fourth-order valence-corrected chi connectivity index (χ4v) is 1.78. The van der Waals surface area contributed by atoms with Gasteiger partial charge in [-0.1, -0.05) is 6.07 Å². The van der Waals surface area contributed by atoms with Crippen molar-refractivity contribution in [2.75, 3.05) is 0 Å². The molecule has 5 nitrogen and oxygen atoms in total. The Bertz CT molecular complexity index is 718. The van der Waals surface area contributed by atoms with Crippen molar-refractivity contribution in [2.45, 2.75) is 0 Å². The minimum atomic E-state index is -0.459. The molecule has 2 aromatic heterocycles. The van der Waals surface area contributed by atoms with E-state index < -0.39 is 5.91 Å². The third-order valence-electron chi connectivity index (χ3n) is 2.68. The Kier molecular flexibility index (Phi) is 2.30. The lowest BCUT2D eigenvalue weighted by Crippen LogP contribution is -2.10. The molecule has 0 saturated carbocycles. The number of pyridine rings is 1. The van der Waals surface area contributed by atoms with E-state index in [4.69, 9.17) is 5.73 Å². The van der Waals surface area contributed by atoms with Gasteiger partial charge >= 0.3 is 0 Å². The van der Waals surface area contributed by atoms with Crippen LogP contribution in [0.5, 0.6) is 0 Å². The number of imidazole rings is 1. The van der Waals surface area contributed by atoms with E-state index in [2.05, 4.69) is 15.0 Å². The lowest BCUT2D eigenvalue weighted by molar-refractivity contribution is 0.100. The van der Waals surface area contributed by atoms with E-state index in [1.807, 2.05) is 18.2 Å². The smallest absolute Gasteiger partial charge is 0.248 e. The van der Waals surface area contributed by atoms with Gasteiger partial charge in [0.15, 0.2) is 5.82 Å². The maximum absolute atomic E-state index is 11.1. The maximum atomic E-state index is 11.1. The van der Waals surface area contributed by atoms with Crippen molar-refractivity contribution < 1.29 is 4.79 Å². The average Bonchev–Trinajstić information content (AvgIpc) is 2.82. The third kappa shape index (κ3) is 1.71. The van der Waals surface area contributed by atoms with Crippen LogP contribution in [0.15, 0.2) is 42.6 Å². The second kappa shape index (κ2) is 3.96. The van der Waals surface area contributed by atoms with Crippen LogP contribution in [0.2, 0.25) is 0 Å². The van der Waals surface area contributed by atoms with Crippen molar-refractivity contribution in [3.63, 3.8) is 0 Å². The molecule has 0 atom stereocenters. The van der Waals surface area contributed by atoms with Crippen molar-refractivity contribution in [1.82, 2.24) is 15.0 Å². The van der Waals surface area contributed by atoms with Crippen LogP contribution in [-0.4, -0.2) is 20.9 Å². The molecule has 2 heterocycles. The first-order chi connectivity index (χ1) is 8.74. The molecule has 1 aromatic carbocycles. The Morgan fingerprint density at radius 1 is 1.22 bits per heavy atom. The van der Waals surface area contributed by atoms with E-state index >= 15 is 0 Å². The first kappa shape index (κ1) is 10.5. The maximum Gasteiger partial charge on any atom is 0.248 e. The van der Waals surface area contributed by atoms with Crippen LogP contribution in [0.25, 0.3) is 22.6 Å². The van der Waals surface area contributed by atoms with E-state index in [0.29, 0.717) is 16.9 Å². The molecule has 0 aliphatic heterocycles. The van der Waals surface area contributed by atoms with Crippen molar-refractivity contribution >= 4 is 16.9 Å². The first-order valence-corrected chi connectivity index (χ1v) is 5.45. The van der Waals surface area contributed by atoms with E-state index in [1.165, 1.54) is 0 Å². The summed E-state index contributed by atoms with van der Waals surface area (Å²) in [5.74, 6) is 0.214. The zero-order valence-electron chi connectivity index (χ0n) is 9.42. The number of primary amides is 1. The summed E-state index contributed by atoms with van der Waals surface area (Å²) < 4.78 is 0. The second-order valence-electron chi connectivity index (χ2n) is 3.90. The molecular weight excluding hydrogens is 228 g/mol. The fourth-order valence-electron chi connectivity index (χ4n) is 1.78. The number of carbonyl (C=O) groups is 1. The van der Waals surface area contributed by atoms with Crippen molar-refractivity contribution in [3.05, 3.63) is 48.2 Å². The number of hydrogen-bond acceptors (Lipinski definition) is 3. The normalized spacial score (nSPS) is 10.7. The summed E-state index contributed by atoms with van der Waals surface area (Å²) >= 11 is 0. The molecule has 5 heteroatoms. The van der Waals surface area contributed by atoms with E-state index in [-0.39, 0.29) is 0 Å². The van der Waals surface area contributed by atoms with Gasteiger partial charge in [0, 0.05) is 11.8 Å². The van der Waals surface area contributed by atoms with Gasteiger partial charge in [0.05, 0.1) is 11.0 Å². The predicted molar refractivity (Wildman–Crippen MR) is 67.8 cm³/mol. The lowest BCUT2D eigenvalue weighted by atomic mass is 10.2. The van der Waals surface area contributed by atoms with Crippen LogP contribution in [0, 0.1) is 0 Å². The quantitative estimate of drug-likeness (QED) is 0.712. The molecule has 0 saturated heterocycles.